The fraction of sp³-hybridized carbons (Fsp3) is 0.533. The van der Waals surface area contributed by atoms with E-state index in [-0.39, 0.29) is 18.1 Å². The van der Waals surface area contributed by atoms with Gasteiger partial charge >= 0.3 is 0 Å². The molecule has 20 heavy (non-hydrogen) atoms. The number of halogens is 1. The van der Waals surface area contributed by atoms with Crippen molar-refractivity contribution in [2.45, 2.75) is 6.42 Å². The molecule has 0 aliphatic carbocycles. The highest BCUT2D eigenvalue weighted by molar-refractivity contribution is 5.78. The van der Waals surface area contributed by atoms with Crippen molar-refractivity contribution in [1.82, 2.24) is 9.80 Å². The molecule has 1 heterocycles. The molecule has 1 amide bonds. The number of benzene rings is 1. The van der Waals surface area contributed by atoms with Crippen LogP contribution in [0, 0.1) is 5.82 Å². The maximum Gasteiger partial charge on any atom is 0.227 e. The molecule has 2 rings (SSSR count). The van der Waals surface area contributed by atoms with Crippen molar-refractivity contribution in [3.05, 3.63) is 35.6 Å². The highest BCUT2D eigenvalue weighted by Gasteiger charge is 2.20. The van der Waals surface area contributed by atoms with E-state index in [0.29, 0.717) is 0 Å². The molecule has 1 aliphatic heterocycles. The van der Waals surface area contributed by atoms with Gasteiger partial charge in [0.25, 0.3) is 0 Å². The lowest BCUT2D eigenvalue weighted by atomic mass is 10.1. The molecule has 0 N–H and O–H groups in total. The normalized spacial score (nSPS) is 16.4. The number of ether oxygens (including phenoxy) is 1. The van der Waals surface area contributed by atoms with E-state index in [9.17, 15) is 9.18 Å². The van der Waals surface area contributed by atoms with Gasteiger partial charge in [-0.2, -0.15) is 0 Å². The average Bonchev–Trinajstić information content (AvgIpc) is 2.45. The molecule has 5 heteroatoms. The van der Waals surface area contributed by atoms with Gasteiger partial charge in [-0.05, 0) is 17.7 Å². The van der Waals surface area contributed by atoms with Crippen LogP contribution in [0.5, 0.6) is 0 Å². The number of carbonyl (C=O) groups is 1. The maximum atomic E-state index is 13.1. The second-order valence-electron chi connectivity index (χ2n) is 5.02. The molecule has 0 unspecified atom stereocenters. The van der Waals surface area contributed by atoms with Crippen LogP contribution in [-0.2, 0) is 16.0 Å². The summed E-state index contributed by atoms with van der Waals surface area (Å²) in [5, 5.41) is 0. The number of rotatable bonds is 5. The number of piperazine rings is 1. The quantitative estimate of drug-likeness (QED) is 0.811. The molecular weight excluding hydrogens is 259 g/mol. The zero-order valence-corrected chi connectivity index (χ0v) is 11.8. The van der Waals surface area contributed by atoms with Gasteiger partial charge < -0.3 is 9.64 Å². The largest absolute Gasteiger partial charge is 0.383 e. The fourth-order valence-electron chi connectivity index (χ4n) is 2.37. The van der Waals surface area contributed by atoms with Gasteiger partial charge in [0.15, 0.2) is 0 Å². The van der Waals surface area contributed by atoms with Crippen molar-refractivity contribution >= 4 is 5.91 Å². The first-order valence-corrected chi connectivity index (χ1v) is 6.92. The van der Waals surface area contributed by atoms with Gasteiger partial charge in [-0.15, -0.1) is 0 Å². The molecule has 0 aromatic heterocycles. The molecule has 0 bridgehead atoms. The Balaban J connectivity index is 1.80. The summed E-state index contributed by atoms with van der Waals surface area (Å²) in [6.07, 6.45) is 0.274. The minimum absolute atomic E-state index is 0.0713. The summed E-state index contributed by atoms with van der Waals surface area (Å²) in [5.74, 6) is -0.221. The second-order valence-corrected chi connectivity index (χ2v) is 5.02. The topological polar surface area (TPSA) is 32.8 Å². The fourth-order valence-corrected chi connectivity index (χ4v) is 2.37. The van der Waals surface area contributed by atoms with E-state index in [1.54, 1.807) is 19.2 Å². The number of hydrogen-bond acceptors (Lipinski definition) is 3. The number of amides is 1. The predicted octanol–water partition coefficient (Wildman–Crippen LogP) is 1.16. The van der Waals surface area contributed by atoms with Gasteiger partial charge in [-0.3, -0.25) is 9.69 Å². The molecule has 4 nitrogen and oxygen atoms in total. The summed E-state index contributed by atoms with van der Waals surface area (Å²) in [6.45, 7) is 4.84. The minimum atomic E-state index is -0.292. The van der Waals surface area contributed by atoms with Crippen LogP contribution in [0.1, 0.15) is 5.56 Å². The van der Waals surface area contributed by atoms with E-state index < -0.39 is 0 Å². The third-order valence-electron chi connectivity index (χ3n) is 3.58. The van der Waals surface area contributed by atoms with Gasteiger partial charge in [-0.1, -0.05) is 12.1 Å². The number of nitrogens with zero attached hydrogens (tertiary/aromatic N) is 2. The van der Waals surface area contributed by atoms with E-state index in [1.807, 2.05) is 4.90 Å². The van der Waals surface area contributed by atoms with Crippen LogP contribution in [0.2, 0.25) is 0 Å². The first-order valence-electron chi connectivity index (χ1n) is 6.92. The number of methoxy groups -OCH3 is 1. The lowest BCUT2D eigenvalue weighted by Crippen LogP contribution is -2.49. The van der Waals surface area contributed by atoms with Crippen LogP contribution in [0.4, 0.5) is 4.39 Å². The number of hydrogen-bond donors (Lipinski definition) is 0. The van der Waals surface area contributed by atoms with Gasteiger partial charge in [-0.25, -0.2) is 4.39 Å². The van der Waals surface area contributed by atoms with E-state index in [4.69, 9.17) is 4.74 Å². The Morgan fingerprint density at radius 3 is 2.70 bits per heavy atom. The molecule has 0 spiro atoms. The van der Waals surface area contributed by atoms with Crippen LogP contribution >= 0.6 is 0 Å². The van der Waals surface area contributed by atoms with Crippen molar-refractivity contribution in [3.63, 3.8) is 0 Å². The molecule has 1 saturated heterocycles. The van der Waals surface area contributed by atoms with Gasteiger partial charge in [0, 0.05) is 39.8 Å². The highest BCUT2D eigenvalue weighted by atomic mass is 19.1. The standard InChI is InChI=1S/C15H21FN2O2/c1-20-10-9-17-5-7-18(8-6-17)15(19)12-13-3-2-4-14(16)11-13/h2-4,11H,5-10,12H2,1H3. The van der Waals surface area contributed by atoms with E-state index in [0.717, 1.165) is 44.9 Å². The summed E-state index contributed by atoms with van der Waals surface area (Å²) >= 11 is 0. The lowest BCUT2D eigenvalue weighted by molar-refractivity contribution is -0.132. The minimum Gasteiger partial charge on any atom is -0.383 e. The summed E-state index contributed by atoms with van der Waals surface area (Å²) < 4.78 is 18.1. The third kappa shape index (κ3) is 4.28. The predicted molar refractivity (Wildman–Crippen MR) is 75.0 cm³/mol. The molecule has 0 saturated carbocycles. The molecule has 1 aromatic rings. The van der Waals surface area contributed by atoms with Crippen LogP contribution in [0.25, 0.3) is 0 Å². The Hall–Kier alpha value is -1.46. The van der Waals surface area contributed by atoms with E-state index in [2.05, 4.69) is 4.90 Å². The molecular formula is C15H21FN2O2. The SMILES string of the molecule is COCCN1CCN(C(=O)Cc2cccc(F)c2)CC1. The molecule has 110 valence electrons. The Morgan fingerprint density at radius 1 is 1.30 bits per heavy atom. The molecule has 0 radical (unpaired) electrons. The lowest BCUT2D eigenvalue weighted by Gasteiger charge is -2.34. The number of carbonyl (C=O) groups excluding carboxylic acids is 1. The molecule has 0 atom stereocenters. The second kappa shape index (κ2) is 7.36. The highest BCUT2D eigenvalue weighted by Crippen LogP contribution is 2.08. The first-order chi connectivity index (χ1) is 9.69. The zero-order chi connectivity index (χ0) is 14.4. The maximum absolute atomic E-state index is 13.1. The zero-order valence-electron chi connectivity index (χ0n) is 11.8. The Bertz CT molecular complexity index is 445. The van der Waals surface area contributed by atoms with Gasteiger partial charge in [0.1, 0.15) is 5.82 Å². The molecule has 1 fully saturated rings. The summed E-state index contributed by atoms with van der Waals surface area (Å²) in [7, 11) is 1.69. The Morgan fingerprint density at radius 2 is 2.05 bits per heavy atom. The van der Waals surface area contributed by atoms with Crippen molar-refractivity contribution in [1.29, 1.82) is 0 Å². The molecule has 1 aliphatic rings. The van der Waals surface area contributed by atoms with Crippen molar-refractivity contribution in [3.8, 4) is 0 Å². The summed E-state index contributed by atoms with van der Waals surface area (Å²) in [5.41, 5.74) is 0.733. The van der Waals surface area contributed by atoms with Crippen LogP contribution in [-0.4, -0.2) is 62.1 Å². The average molecular weight is 280 g/mol. The molecule has 1 aromatic carbocycles. The van der Waals surface area contributed by atoms with Crippen LogP contribution in [0.3, 0.4) is 0 Å². The van der Waals surface area contributed by atoms with Crippen molar-refractivity contribution in [2.24, 2.45) is 0 Å². The van der Waals surface area contributed by atoms with Crippen molar-refractivity contribution < 1.29 is 13.9 Å². The third-order valence-corrected chi connectivity index (χ3v) is 3.58. The summed E-state index contributed by atoms with van der Waals surface area (Å²) in [6, 6.07) is 6.24. The van der Waals surface area contributed by atoms with Gasteiger partial charge in [0.05, 0.1) is 13.0 Å². The smallest absolute Gasteiger partial charge is 0.227 e. The van der Waals surface area contributed by atoms with Crippen LogP contribution < -0.4 is 0 Å². The van der Waals surface area contributed by atoms with Crippen LogP contribution in [0.15, 0.2) is 24.3 Å². The van der Waals surface area contributed by atoms with E-state index in [1.165, 1.54) is 12.1 Å². The Labute approximate surface area is 119 Å². The summed E-state index contributed by atoms with van der Waals surface area (Å²) in [4.78, 5) is 16.3. The monoisotopic (exact) mass is 280 g/mol. The van der Waals surface area contributed by atoms with Gasteiger partial charge in [0.2, 0.25) is 5.91 Å². The Kier molecular flexibility index (Phi) is 5.49. The van der Waals surface area contributed by atoms with Crippen molar-refractivity contribution in [2.75, 3.05) is 46.4 Å². The first kappa shape index (κ1) is 14.9. The van der Waals surface area contributed by atoms with E-state index >= 15 is 0 Å².